The van der Waals surface area contributed by atoms with E-state index >= 15 is 0 Å². The van der Waals surface area contributed by atoms with Crippen LogP contribution in [0.15, 0.2) is 30.3 Å². The van der Waals surface area contributed by atoms with E-state index in [1.807, 2.05) is 26.0 Å². The second-order valence-corrected chi connectivity index (χ2v) is 4.37. The molecule has 17 heavy (non-hydrogen) atoms. The number of hydrogen-bond acceptors (Lipinski definition) is 2. The Kier molecular flexibility index (Phi) is 3.52. The number of fused-ring (bicyclic) bond motifs is 1. The Morgan fingerprint density at radius 3 is 2.82 bits per heavy atom. The lowest BCUT2D eigenvalue weighted by Crippen LogP contribution is -1.97. The normalized spacial score (nSPS) is 10.7. The lowest BCUT2D eigenvalue weighted by atomic mass is 10.0. The van der Waals surface area contributed by atoms with Crippen LogP contribution in [-0.2, 0) is 11.2 Å². The lowest BCUT2D eigenvalue weighted by Gasteiger charge is -2.03. The second-order valence-electron chi connectivity index (χ2n) is 4.37. The van der Waals surface area contributed by atoms with E-state index in [2.05, 4.69) is 23.2 Å². The summed E-state index contributed by atoms with van der Waals surface area (Å²) in [5.74, 6) is 0.326. The molecule has 1 heterocycles. The Hall–Kier alpha value is -1.70. The van der Waals surface area contributed by atoms with Crippen molar-refractivity contribution >= 4 is 16.7 Å². The van der Waals surface area contributed by atoms with Crippen molar-refractivity contribution in [2.45, 2.75) is 33.1 Å². The predicted molar refractivity (Wildman–Crippen MR) is 70.1 cm³/mol. The molecule has 2 heteroatoms. The van der Waals surface area contributed by atoms with Gasteiger partial charge in [-0.25, -0.2) is 0 Å². The zero-order valence-electron chi connectivity index (χ0n) is 10.4. The Morgan fingerprint density at radius 2 is 2.06 bits per heavy atom. The fourth-order valence-electron chi connectivity index (χ4n) is 1.89. The average molecular weight is 227 g/mol. The van der Waals surface area contributed by atoms with Gasteiger partial charge >= 0.3 is 0 Å². The largest absolute Gasteiger partial charge is 0.300 e. The van der Waals surface area contributed by atoms with Gasteiger partial charge in [0.05, 0.1) is 5.52 Å². The van der Waals surface area contributed by atoms with Gasteiger partial charge in [-0.15, -0.1) is 0 Å². The van der Waals surface area contributed by atoms with Crippen molar-refractivity contribution in [2.75, 3.05) is 0 Å². The van der Waals surface area contributed by atoms with Crippen LogP contribution in [0.5, 0.6) is 0 Å². The molecule has 0 aliphatic heterocycles. The molecule has 0 amide bonds. The van der Waals surface area contributed by atoms with Gasteiger partial charge in [-0.1, -0.05) is 19.1 Å². The van der Waals surface area contributed by atoms with Crippen molar-refractivity contribution in [1.82, 2.24) is 4.98 Å². The van der Waals surface area contributed by atoms with Crippen molar-refractivity contribution in [3.05, 3.63) is 41.6 Å². The number of ketones is 1. The van der Waals surface area contributed by atoms with Crippen LogP contribution in [0.25, 0.3) is 10.9 Å². The maximum absolute atomic E-state index is 11.3. The zero-order valence-corrected chi connectivity index (χ0v) is 10.4. The maximum Gasteiger partial charge on any atom is 0.132 e. The Balaban J connectivity index is 2.20. The molecule has 0 saturated carbocycles. The second kappa shape index (κ2) is 5.09. The molecule has 0 spiro atoms. The highest BCUT2D eigenvalue weighted by Crippen LogP contribution is 2.16. The number of carbonyl (C=O) groups excluding carboxylic acids is 1. The van der Waals surface area contributed by atoms with Crippen molar-refractivity contribution in [1.29, 1.82) is 0 Å². The number of aryl methyl sites for hydroxylation is 2. The van der Waals surface area contributed by atoms with Gasteiger partial charge in [-0.05, 0) is 37.1 Å². The monoisotopic (exact) mass is 227 g/mol. The van der Waals surface area contributed by atoms with Gasteiger partial charge in [0.1, 0.15) is 5.78 Å². The van der Waals surface area contributed by atoms with Crippen LogP contribution in [-0.4, -0.2) is 10.8 Å². The summed E-state index contributed by atoms with van der Waals surface area (Å²) < 4.78 is 0. The van der Waals surface area contributed by atoms with Gasteiger partial charge < -0.3 is 0 Å². The maximum atomic E-state index is 11.3. The Labute approximate surface area is 102 Å². The summed E-state index contributed by atoms with van der Waals surface area (Å²) in [5, 5.41) is 1.15. The highest BCUT2D eigenvalue weighted by molar-refractivity contribution is 5.80. The molecule has 2 rings (SSSR count). The van der Waals surface area contributed by atoms with Crippen LogP contribution in [0.2, 0.25) is 0 Å². The van der Waals surface area contributed by atoms with Crippen molar-refractivity contribution in [2.24, 2.45) is 0 Å². The first kappa shape index (κ1) is 11.8. The van der Waals surface area contributed by atoms with Crippen LogP contribution in [0, 0.1) is 6.92 Å². The summed E-state index contributed by atoms with van der Waals surface area (Å²) in [6.07, 6.45) is 2.10. The fourth-order valence-corrected chi connectivity index (χ4v) is 1.89. The third-order valence-electron chi connectivity index (χ3n) is 2.98. The number of aromatic nitrogens is 1. The molecule has 0 saturated heterocycles. The molecule has 0 fully saturated rings. The Morgan fingerprint density at radius 1 is 1.24 bits per heavy atom. The smallest absolute Gasteiger partial charge is 0.132 e. The topological polar surface area (TPSA) is 30.0 Å². The summed E-state index contributed by atoms with van der Waals surface area (Å²) in [6, 6.07) is 10.3. The third kappa shape index (κ3) is 2.90. The number of benzene rings is 1. The highest BCUT2D eigenvalue weighted by atomic mass is 16.1. The number of rotatable bonds is 4. The minimum absolute atomic E-state index is 0.326. The predicted octanol–water partition coefficient (Wildman–Crippen LogP) is 3.45. The summed E-state index contributed by atoms with van der Waals surface area (Å²) in [4.78, 5) is 15.7. The van der Waals surface area contributed by atoms with Crippen LogP contribution in [0.1, 0.15) is 31.0 Å². The summed E-state index contributed by atoms with van der Waals surface area (Å²) >= 11 is 0. The molecule has 0 radical (unpaired) electrons. The highest BCUT2D eigenvalue weighted by Gasteiger charge is 2.01. The third-order valence-corrected chi connectivity index (χ3v) is 2.98. The standard InChI is InChI=1S/C15H17NO/c1-3-14(17)8-5-12-6-9-15-13(10-12)7-4-11(2)16-15/h4,6-7,9-10H,3,5,8H2,1-2H3. The van der Waals surface area contributed by atoms with Gasteiger partial charge in [0.25, 0.3) is 0 Å². The minimum Gasteiger partial charge on any atom is -0.300 e. The molecule has 0 aliphatic rings. The van der Waals surface area contributed by atoms with Gasteiger partial charge in [0, 0.05) is 23.9 Å². The van der Waals surface area contributed by atoms with Crippen molar-refractivity contribution in [3.8, 4) is 0 Å². The molecule has 0 aliphatic carbocycles. The Bertz CT molecular complexity index is 546. The fraction of sp³-hybridized carbons (Fsp3) is 0.333. The average Bonchev–Trinajstić information content (AvgIpc) is 2.35. The zero-order chi connectivity index (χ0) is 12.3. The lowest BCUT2D eigenvalue weighted by molar-refractivity contribution is -0.118. The van der Waals surface area contributed by atoms with Gasteiger partial charge in [-0.3, -0.25) is 9.78 Å². The quantitative estimate of drug-likeness (QED) is 0.800. The minimum atomic E-state index is 0.326. The molecule has 0 atom stereocenters. The number of carbonyl (C=O) groups is 1. The molecule has 1 aromatic heterocycles. The number of Topliss-reactive ketones (excluding diaryl/α,β-unsaturated/α-hetero) is 1. The van der Waals surface area contributed by atoms with E-state index < -0.39 is 0 Å². The first-order valence-electron chi connectivity index (χ1n) is 6.07. The summed E-state index contributed by atoms with van der Waals surface area (Å²) in [7, 11) is 0. The molecular weight excluding hydrogens is 210 g/mol. The van der Waals surface area contributed by atoms with Crippen molar-refractivity contribution in [3.63, 3.8) is 0 Å². The van der Waals surface area contributed by atoms with E-state index in [4.69, 9.17) is 0 Å². The SMILES string of the molecule is CCC(=O)CCc1ccc2nc(C)ccc2c1. The molecule has 0 N–H and O–H groups in total. The van der Waals surface area contributed by atoms with Crippen LogP contribution in [0.4, 0.5) is 0 Å². The van der Waals surface area contributed by atoms with E-state index in [-0.39, 0.29) is 0 Å². The van der Waals surface area contributed by atoms with Crippen LogP contribution in [0.3, 0.4) is 0 Å². The van der Waals surface area contributed by atoms with Gasteiger partial charge in [0.15, 0.2) is 0 Å². The van der Waals surface area contributed by atoms with Crippen molar-refractivity contribution < 1.29 is 4.79 Å². The van der Waals surface area contributed by atoms with E-state index in [1.165, 1.54) is 5.56 Å². The molecule has 2 aromatic rings. The molecular formula is C15H17NO. The summed E-state index contributed by atoms with van der Waals surface area (Å²) in [6.45, 7) is 3.91. The molecule has 2 nitrogen and oxygen atoms in total. The van der Waals surface area contributed by atoms with E-state index in [0.717, 1.165) is 23.0 Å². The van der Waals surface area contributed by atoms with E-state index in [9.17, 15) is 4.79 Å². The number of nitrogens with zero attached hydrogens (tertiary/aromatic N) is 1. The molecule has 0 bridgehead atoms. The molecule has 88 valence electrons. The van der Waals surface area contributed by atoms with Gasteiger partial charge in [-0.2, -0.15) is 0 Å². The first-order chi connectivity index (χ1) is 8.19. The van der Waals surface area contributed by atoms with Gasteiger partial charge in [0.2, 0.25) is 0 Å². The van der Waals surface area contributed by atoms with E-state index in [0.29, 0.717) is 18.6 Å². The number of pyridine rings is 1. The van der Waals surface area contributed by atoms with Crippen LogP contribution >= 0.6 is 0 Å². The first-order valence-corrected chi connectivity index (χ1v) is 6.07. The number of hydrogen-bond donors (Lipinski definition) is 0. The summed E-state index contributed by atoms with van der Waals surface area (Å²) in [5.41, 5.74) is 3.27. The van der Waals surface area contributed by atoms with Crippen LogP contribution < -0.4 is 0 Å². The molecule has 1 aromatic carbocycles. The molecule has 0 unspecified atom stereocenters. The van der Waals surface area contributed by atoms with E-state index in [1.54, 1.807) is 0 Å².